The number of nitrogens with one attached hydrogen (secondary N) is 3. The molecule has 1 saturated heterocycles. The summed E-state index contributed by atoms with van der Waals surface area (Å²) in [6.45, 7) is 5.66. The van der Waals surface area contributed by atoms with Gasteiger partial charge in [-0.15, -0.1) is 0 Å². The van der Waals surface area contributed by atoms with Crippen molar-refractivity contribution in [1.29, 1.82) is 0 Å². The van der Waals surface area contributed by atoms with Gasteiger partial charge in [-0.2, -0.15) is 0 Å². The van der Waals surface area contributed by atoms with Crippen LogP contribution in [-0.4, -0.2) is 37.0 Å². The fourth-order valence-electron chi connectivity index (χ4n) is 2.79. The van der Waals surface area contributed by atoms with Gasteiger partial charge in [-0.25, -0.2) is 0 Å². The second-order valence-corrected chi connectivity index (χ2v) is 6.67. The molecule has 132 valence electrons. The van der Waals surface area contributed by atoms with Crippen LogP contribution in [0.5, 0.6) is 0 Å². The molecule has 1 aromatic carbocycles. The Morgan fingerprint density at radius 1 is 1.29 bits per heavy atom. The molecule has 0 aliphatic carbocycles. The van der Waals surface area contributed by atoms with E-state index < -0.39 is 4.92 Å². The molecule has 0 aromatic heterocycles. The molecule has 0 saturated carbocycles. The first-order valence-electron chi connectivity index (χ1n) is 8.44. The van der Waals surface area contributed by atoms with Gasteiger partial charge in [0.15, 0.2) is 0 Å². The Bertz CT molecular complexity index is 553. The van der Waals surface area contributed by atoms with E-state index in [-0.39, 0.29) is 17.0 Å². The number of amides is 1. The molecule has 1 aromatic rings. The summed E-state index contributed by atoms with van der Waals surface area (Å²) in [6.07, 6.45) is 3.39. The van der Waals surface area contributed by atoms with Gasteiger partial charge >= 0.3 is 0 Å². The molecule has 0 bridgehead atoms. The van der Waals surface area contributed by atoms with Crippen molar-refractivity contribution >= 4 is 17.3 Å². The number of nitro benzene ring substituents is 1. The largest absolute Gasteiger partial charge is 0.385 e. The predicted octanol–water partition coefficient (Wildman–Crippen LogP) is 2.29. The van der Waals surface area contributed by atoms with E-state index >= 15 is 0 Å². The Kier molecular flexibility index (Phi) is 6.54. The van der Waals surface area contributed by atoms with Gasteiger partial charge in [0.25, 0.3) is 5.69 Å². The number of hydrogen-bond acceptors (Lipinski definition) is 5. The zero-order valence-corrected chi connectivity index (χ0v) is 14.1. The van der Waals surface area contributed by atoms with Crippen LogP contribution >= 0.6 is 0 Å². The second-order valence-electron chi connectivity index (χ2n) is 6.67. The molecule has 7 nitrogen and oxygen atoms in total. The van der Waals surface area contributed by atoms with Crippen molar-refractivity contribution < 1.29 is 9.72 Å². The lowest BCUT2D eigenvalue weighted by molar-refractivity contribution is -0.384. The fourth-order valence-corrected chi connectivity index (χ4v) is 2.79. The molecule has 0 spiro atoms. The number of piperidine rings is 1. The van der Waals surface area contributed by atoms with E-state index in [4.69, 9.17) is 0 Å². The monoisotopic (exact) mass is 334 g/mol. The Morgan fingerprint density at radius 2 is 1.96 bits per heavy atom. The highest BCUT2D eigenvalue weighted by Crippen LogP contribution is 2.26. The number of rotatable bonds is 8. The molecule has 1 fully saturated rings. The molecule has 1 heterocycles. The van der Waals surface area contributed by atoms with E-state index in [0.717, 1.165) is 44.6 Å². The van der Waals surface area contributed by atoms with Gasteiger partial charge < -0.3 is 16.0 Å². The average Bonchev–Trinajstić information content (AvgIpc) is 2.58. The fraction of sp³-hybridized carbons (Fsp3) is 0.588. The Morgan fingerprint density at radius 3 is 2.58 bits per heavy atom. The van der Waals surface area contributed by atoms with Crippen molar-refractivity contribution in [3.63, 3.8) is 0 Å². The quantitative estimate of drug-likeness (QED) is 0.385. The lowest BCUT2D eigenvalue weighted by Gasteiger charge is -2.34. The summed E-state index contributed by atoms with van der Waals surface area (Å²) in [5.41, 5.74) is 1.10. The molecule has 1 amide bonds. The number of non-ortho nitro benzene ring substituents is 1. The number of hydrogen-bond donors (Lipinski definition) is 3. The lowest BCUT2D eigenvalue weighted by Crippen LogP contribution is -2.42. The van der Waals surface area contributed by atoms with Gasteiger partial charge in [0.1, 0.15) is 0 Å². The van der Waals surface area contributed by atoms with Crippen LogP contribution in [0, 0.1) is 15.5 Å². The van der Waals surface area contributed by atoms with Crippen LogP contribution in [0.4, 0.5) is 11.4 Å². The molecular formula is C17H26N4O3. The maximum atomic E-state index is 11.9. The van der Waals surface area contributed by atoms with E-state index in [1.807, 2.05) is 0 Å². The third kappa shape index (κ3) is 5.81. The number of nitrogens with zero attached hydrogens (tertiary/aromatic N) is 1. The molecule has 3 N–H and O–H groups in total. The topological polar surface area (TPSA) is 96.3 Å². The number of carbonyl (C=O) groups is 1. The number of anilines is 1. The second kappa shape index (κ2) is 8.63. The Balaban J connectivity index is 1.61. The summed E-state index contributed by atoms with van der Waals surface area (Å²) in [5, 5.41) is 20.1. The first-order chi connectivity index (χ1) is 11.5. The molecule has 1 aliphatic heterocycles. The lowest BCUT2D eigenvalue weighted by atomic mass is 9.81. The smallest absolute Gasteiger partial charge is 0.269 e. The van der Waals surface area contributed by atoms with Crippen LogP contribution in [0.1, 0.15) is 32.6 Å². The minimum Gasteiger partial charge on any atom is -0.385 e. The van der Waals surface area contributed by atoms with Gasteiger partial charge in [0.05, 0.1) is 4.92 Å². The molecular weight excluding hydrogens is 308 g/mol. The molecule has 0 radical (unpaired) electrons. The van der Waals surface area contributed by atoms with Crippen LogP contribution in [0.25, 0.3) is 0 Å². The van der Waals surface area contributed by atoms with E-state index in [1.54, 1.807) is 12.1 Å². The maximum absolute atomic E-state index is 11.9. The molecule has 2 rings (SSSR count). The van der Waals surface area contributed by atoms with Gasteiger partial charge in [0, 0.05) is 37.3 Å². The summed E-state index contributed by atoms with van der Waals surface area (Å²) < 4.78 is 0. The molecule has 24 heavy (non-hydrogen) atoms. The standard InChI is InChI=1S/C17H26N4O3/c1-17(8-11-18-12-9-17)13-20-16(22)3-2-10-19-14-4-6-15(7-5-14)21(23)24/h4-7,18-19H,2-3,8-13H2,1H3,(H,20,22). The minimum atomic E-state index is -0.420. The maximum Gasteiger partial charge on any atom is 0.269 e. The number of benzene rings is 1. The highest BCUT2D eigenvalue weighted by atomic mass is 16.6. The summed E-state index contributed by atoms with van der Waals surface area (Å²) in [6, 6.07) is 6.29. The molecule has 1 aliphatic rings. The Hall–Kier alpha value is -2.15. The van der Waals surface area contributed by atoms with Crippen LogP contribution in [0.15, 0.2) is 24.3 Å². The zero-order valence-electron chi connectivity index (χ0n) is 14.1. The van der Waals surface area contributed by atoms with Crippen molar-refractivity contribution in [2.45, 2.75) is 32.6 Å². The SMILES string of the molecule is CC1(CNC(=O)CCCNc2ccc([N+](=O)[O-])cc2)CCNCC1. The first kappa shape index (κ1) is 18.2. The van der Waals surface area contributed by atoms with Crippen molar-refractivity contribution in [3.05, 3.63) is 34.4 Å². The highest BCUT2D eigenvalue weighted by molar-refractivity contribution is 5.75. The highest BCUT2D eigenvalue weighted by Gasteiger charge is 2.26. The summed E-state index contributed by atoms with van der Waals surface area (Å²) in [5.74, 6) is 0.0836. The Labute approximate surface area is 142 Å². The van der Waals surface area contributed by atoms with Crippen molar-refractivity contribution in [2.75, 3.05) is 31.5 Å². The van der Waals surface area contributed by atoms with Crippen molar-refractivity contribution in [2.24, 2.45) is 5.41 Å². The third-order valence-corrected chi connectivity index (χ3v) is 4.51. The van der Waals surface area contributed by atoms with Crippen LogP contribution in [0.2, 0.25) is 0 Å². The summed E-state index contributed by atoms with van der Waals surface area (Å²) in [7, 11) is 0. The third-order valence-electron chi connectivity index (χ3n) is 4.51. The molecule has 0 atom stereocenters. The molecule has 7 heteroatoms. The van der Waals surface area contributed by atoms with E-state index in [9.17, 15) is 14.9 Å². The van der Waals surface area contributed by atoms with E-state index in [0.29, 0.717) is 13.0 Å². The normalized spacial score (nSPS) is 16.4. The minimum absolute atomic E-state index is 0.0753. The van der Waals surface area contributed by atoms with Gasteiger partial charge in [-0.05, 0) is 49.9 Å². The van der Waals surface area contributed by atoms with Crippen LogP contribution < -0.4 is 16.0 Å². The van der Waals surface area contributed by atoms with Crippen molar-refractivity contribution in [3.8, 4) is 0 Å². The molecule has 0 unspecified atom stereocenters. The van der Waals surface area contributed by atoms with E-state index in [1.165, 1.54) is 12.1 Å². The summed E-state index contributed by atoms with van der Waals surface area (Å²) in [4.78, 5) is 22.1. The van der Waals surface area contributed by atoms with Gasteiger partial charge in [-0.1, -0.05) is 6.92 Å². The summed E-state index contributed by atoms with van der Waals surface area (Å²) >= 11 is 0. The van der Waals surface area contributed by atoms with Gasteiger partial charge in [0.2, 0.25) is 5.91 Å². The number of nitro groups is 1. The predicted molar refractivity (Wildman–Crippen MR) is 94.0 cm³/mol. The first-order valence-corrected chi connectivity index (χ1v) is 8.44. The van der Waals surface area contributed by atoms with Crippen LogP contribution in [-0.2, 0) is 4.79 Å². The zero-order chi connectivity index (χ0) is 17.4. The number of carbonyl (C=O) groups excluding carboxylic acids is 1. The average molecular weight is 334 g/mol. The van der Waals surface area contributed by atoms with Crippen molar-refractivity contribution in [1.82, 2.24) is 10.6 Å². The van der Waals surface area contributed by atoms with E-state index in [2.05, 4.69) is 22.9 Å². The van der Waals surface area contributed by atoms with Crippen LogP contribution in [0.3, 0.4) is 0 Å². The van der Waals surface area contributed by atoms with Gasteiger partial charge in [-0.3, -0.25) is 14.9 Å².